The molecular formula is C20H20N4S. The molecule has 3 aromatic rings. The lowest BCUT2D eigenvalue weighted by Gasteiger charge is -2.27. The highest BCUT2D eigenvalue weighted by Gasteiger charge is 2.17. The van der Waals surface area contributed by atoms with Crippen LogP contribution in [0.3, 0.4) is 0 Å². The predicted octanol–water partition coefficient (Wildman–Crippen LogP) is 4.46. The summed E-state index contributed by atoms with van der Waals surface area (Å²) >= 11 is 1.81. The summed E-state index contributed by atoms with van der Waals surface area (Å²) in [6.07, 6.45) is 7.85. The summed E-state index contributed by atoms with van der Waals surface area (Å²) in [4.78, 5) is 17.3. The normalized spacial score (nSPS) is 14.4. The van der Waals surface area contributed by atoms with Crippen molar-refractivity contribution >= 4 is 22.7 Å². The Labute approximate surface area is 151 Å². The minimum absolute atomic E-state index is 0.782. The summed E-state index contributed by atoms with van der Waals surface area (Å²) in [7, 11) is 0. The number of anilines is 1. The molecule has 0 N–H and O–H groups in total. The molecule has 4 nitrogen and oxygen atoms in total. The Hall–Kier alpha value is -2.53. The number of thiophene rings is 1. The van der Waals surface area contributed by atoms with Crippen LogP contribution in [0.1, 0.15) is 23.9 Å². The Morgan fingerprint density at radius 2 is 2.04 bits per heavy atom. The number of pyridine rings is 1. The van der Waals surface area contributed by atoms with Crippen LogP contribution in [0.4, 0.5) is 5.82 Å². The SMILES string of the molecule is CCc1cc(N2CC=C(c3cccs3)CC2)nc(-c2ccncc2)n1. The molecule has 3 aromatic heterocycles. The fourth-order valence-electron chi connectivity index (χ4n) is 3.02. The van der Waals surface area contributed by atoms with Crippen molar-refractivity contribution < 1.29 is 0 Å². The molecule has 0 radical (unpaired) electrons. The summed E-state index contributed by atoms with van der Waals surface area (Å²) in [6.45, 7) is 4.01. The third-order valence-corrected chi connectivity index (χ3v) is 5.38. The van der Waals surface area contributed by atoms with Crippen LogP contribution in [0.5, 0.6) is 0 Å². The van der Waals surface area contributed by atoms with Crippen LogP contribution < -0.4 is 4.90 Å². The summed E-state index contributed by atoms with van der Waals surface area (Å²) in [5.74, 6) is 1.80. The van der Waals surface area contributed by atoms with Crippen molar-refractivity contribution in [3.05, 3.63) is 64.8 Å². The van der Waals surface area contributed by atoms with Crippen molar-refractivity contribution in [2.45, 2.75) is 19.8 Å². The number of nitrogens with zero attached hydrogens (tertiary/aromatic N) is 4. The third-order valence-electron chi connectivity index (χ3n) is 4.44. The summed E-state index contributed by atoms with van der Waals surface area (Å²) in [6, 6.07) is 10.4. The molecule has 126 valence electrons. The van der Waals surface area contributed by atoms with Gasteiger partial charge in [-0.25, -0.2) is 9.97 Å². The Kier molecular flexibility index (Phi) is 4.57. The van der Waals surface area contributed by atoms with Crippen LogP contribution in [-0.4, -0.2) is 28.0 Å². The van der Waals surface area contributed by atoms with Gasteiger partial charge in [0.15, 0.2) is 5.82 Å². The first kappa shape index (κ1) is 16.0. The molecule has 0 aromatic carbocycles. The molecule has 0 saturated carbocycles. The van der Waals surface area contributed by atoms with Gasteiger partial charge in [0.05, 0.1) is 0 Å². The highest BCUT2D eigenvalue weighted by Crippen LogP contribution is 2.28. The second kappa shape index (κ2) is 7.15. The van der Waals surface area contributed by atoms with Crippen molar-refractivity contribution in [1.29, 1.82) is 0 Å². The van der Waals surface area contributed by atoms with Crippen molar-refractivity contribution in [2.75, 3.05) is 18.0 Å². The summed E-state index contributed by atoms with van der Waals surface area (Å²) < 4.78 is 0. The van der Waals surface area contributed by atoms with Crippen molar-refractivity contribution in [3.63, 3.8) is 0 Å². The van der Waals surface area contributed by atoms with Gasteiger partial charge in [0.1, 0.15) is 5.82 Å². The van der Waals surface area contributed by atoms with E-state index in [0.717, 1.165) is 48.8 Å². The average molecular weight is 348 g/mol. The Balaban J connectivity index is 1.62. The fourth-order valence-corrected chi connectivity index (χ4v) is 3.82. The average Bonchev–Trinajstić information content (AvgIpc) is 3.23. The molecule has 0 bridgehead atoms. The van der Waals surface area contributed by atoms with Crippen molar-refractivity contribution in [3.8, 4) is 11.4 Å². The standard InChI is InChI=1S/C20H20N4S/c1-2-17-14-19(23-20(22-17)16-5-9-21-10-6-16)24-11-7-15(8-12-24)18-4-3-13-25-18/h3-7,9-10,13-14H,2,8,11-12H2,1H3. The van der Waals surface area contributed by atoms with Gasteiger partial charge in [-0.15, -0.1) is 11.3 Å². The van der Waals surface area contributed by atoms with Gasteiger partial charge in [-0.05, 0) is 42.0 Å². The monoisotopic (exact) mass is 348 g/mol. The minimum Gasteiger partial charge on any atom is -0.352 e. The van der Waals surface area contributed by atoms with Crippen LogP contribution in [0, 0.1) is 0 Å². The molecule has 0 atom stereocenters. The second-order valence-electron chi connectivity index (χ2n) is 6.03. The van der Waals surface area contributed by atoms with E-state index < -0.39 is 0 Å². The van der Waals surface area contributed by atoms with Crippen LogP contribution in [-0.2, 0) is 6.42 Å². The maximum atomic E-state index is 4.82. The van der Waals surface area contributed by atoms with Crippen molar-refractivity contribution in [1.82, 2.24) is 15.0 Å². The first-order valence-electron chi connectivity index (χ1n) is 8.59. The highest BCUT2D eigenvalue weighted by atomic mass is 32.1. The van der Waals surface area contributed by atoms with Crippen LogP contribution in [0.25, 0.3) is 17.0 Å². The van der Waals surface area contributed by atoms with Crippen LogP contribution in [0.15, 0.2) is 54.2 Å². The van der Waals surface area contributed by atoms with Gasteiger partial charge in [-0.3, -0.25) is 4.98 Å². The van der Waals surface area contributed by atoms with E-state index in [2.05, 4.69) is 46.5 Å². The number of hydrogen-bond donors (Lipinski definition) is 0. The molecule has 0 fully saturated rings. The molecule has 0 saturated heterocycles. The van der Waals surface area contributed by atoms with E-state index in [9.17, 15) is 0 Å². The van der Waals surface area contributed by atoms with E-state index in [1.165, 1.54) is 10.5 Å². The predicted molar refractivity (Wildman–Crippen MR) is 104 cm³/mol. The number of aryl methyl sites for hydroxylation is 1. The number of rotatable bonds is 4. The molecule has 0 amide bonds. The zero-order valence-corrected chi connectivity index (χ0v) is 15.0. The van der Waals surface area contributed by atoms with E-state index in [4.69, 9.17) is 9.97 Å². The maximum Gasteiger partial charge on any atom is 0.161 e. The first-order chi connectivity index (χ1) is 12.3. The lowest BCUT2D eigenvalue weighted by atomic mass is 10.1. The smallest absolute Gasteiger partial charge is 0.161 e. The van der Waals surface area contributed by atoms with E-state index in [-0.39, 0.29) is 0 Å². The molecule has 25 heavy (non-hydrogen) atoms. The zero-order chi connectivity index (χ0) is 17.1. The Bertz CT molecular complexity index is 872. The van der Waals surface area contributed by atoms with Gasteiger partial charge in [0.2, 0.25) is 0 Å². The minimum atomic E-state index is 0.782. The molecule has 1 aliphatic heterocycles. The summed E-state index contributed by atoms with van der Waals surface area (Å²) in [5.41, 5.74) is 3.54. The Morgan fingerprint density at radius 3 is 2.72 bits per heavy atom. The van der Waals surface area contributed by atoms with Crippen LogP contribution >= 0.6 is 11.3 Å². The molecule has 1 aliphatic rings. The molecule has 4 heterocycles. The molecule has 5 heteroatoms. The van der Waals surface area contributed by atoms with Gasteiger partial charge < -0.3 is 4.90 Å². The quantitative estimate of drug-likeness (QED) is 0.698. The van der Waals surface area contributed by atoms with E-state index in [1.807, 2.05) is 23.5 Å². The van der Waals surface area contributed by atoms with E-state index in [0.29, 0.717) is 0 Å². The summed E-state index contributed by atoms with van der Waals surface area (Å²) in [5, 5.41) is 2.14. The molecule has 0 unspecified atom stereocenters. The van der Waals surface area contributed by atoms with Gasteiger partial charge in [0, 0.05) is 47.7 Å². The van der Waals surface area contributed by atoms with Crippen molar-refractivity contribution in [2.24, 2.45) is 0 Å². The van der Waals surface area contributed by atoms with Gasteiger partial charge in [0.25, 0.3) is 0 Å². The van der Waals surface area contributed by atoms with Gasteiger partial charge >= 0.3 is 0 Å². The van der Waals surface area contributed by atoms with Crippen LogP contribution in [0.2, 0.25) is 0 Å². The Morgan fingerprint density at radius 1 is 1.16 bits per heavy atom. The topological polar surface area (TPSA) is 41.9 Å². The van der Waals surface area contributed by atoms with Gasteiger partial charge in [-0.1, -0.05) is 19.1 Å². The van der Waals surface area contributed by atoms with E-state index in [1.54, 1.807) is 12.4 Å². The zero-order valence-electron chi connectivity index (χ0n) is 14.2. The van der Waals surface area contributed by atoms with E-state index >= 15 is 0 Å². The highest BCUT2D eigenvalue weighted by molar-refractivity contribution is 7.11. The molecule has 0 aliphatic carbocycles. The largest absolute Gasteiger partial charge is 0.352 e. The first-order valence-corrected chi connectivity index (χ1v) is 9.47. The molecule has 4 rings (SSSR count). The second-order valence-corrected chi connectivity index (χ2v) is 6.98. The fraction of sp³-hybridized carbons (Fsp3) is 0.250. The third kappa shape index (κ3) is 3.46. The number of hydrogen-bond acceptors (Lipinski definition) is 5. The maximum absolute atomic E-state index is 4.82. The molecule has 0 spiro atoms. The molecular weight excluding hydrogens is 328 g/mol. The lowest BCUT2D eigenvalue weighted by molar-refractivity contribution is 0.811. The van der Waals surface area contributed by atoms with Gasteiger partial charge in [-0.2, -0.15) is 0 Å². The number of aromatic nitrogens is 3. The lowest BCUT2D eigenvalue weighted by Crippen LogP contribution is -2.29.